The molecule has 8 heteroatoms. The van der Waals surface area contributed by atoms with Gasteiger partial charge in [-0.25, -0.2) is 9.18 Å². The van der Waals surface area contributed by atoms with Crippen LogP contribution in [0.4, 0.5) is 28.0 Å². The first kappa shape index (κ1) is 17.3. The van der Waals surface area contributed by atoms with Crippen LogP contribution in [0.5, 0.6) is 0 Å². The zero-order chi connectivity index (χ0) is 17.7. The van der Waals surface area contributed by atoms with Gasteiger partial charge in [-0.1, -0.05) is 0 Å². The minimum Gasteiger partial charge on any atom is -0.334 e. The molecular formula is C16H11F4N3O. The van der Waals surface area contributed by atoms with E-state index in [4.69, 9.17) is 5.26 Å². The van der Waals surface area contributed by atoms with Crippen molar-refractivity contribution in [3.05, 3.63) is 65.0 Å². The summed E-state index contributed by atoms with van der Waals surface area (Å²) >= 11 is 0. The van der Waals surface area contributed by atoms with E-state index in [1.165, 1.54) is 24.3 Å². The van der Waals surface area contributed by atoms with Gasteiger partial charge in [-0.05, 0) is 48.0 Å². The Morgan fingerprint density at radius 2 is 1.79 bits per heavy atom. The summed E-state index contributed by atoms with van der Waals surface area (Å²) in [6.45, 7) is -0.275. The molecule has 2 N–H and O–H groups in total. The first-order valence-corrected chi connectivity index (χ1v) is 6.69. The van der Waals surface area contributed by atoms with Crippen molar-refractivity contribution in [1.82, 2.24) is 5.32 Å². The van der Waals surface area contributed by atoms with Gasteiger partial charge in [-0.15, -0.1) is 0 Å². The third kappa shape index (κ3) is 4.71. The van der Waals surface area contributed by atoms with Crippen LogP contribution in [0.2, 0.25) is 0 Å². The van der Waals surface area contributed by atoms with Gasteiger partial charge in [-0.3, -0.25) is 0 Å². The lowest BCUT2D eigenvalue weighted by molar-refractivity contribution is -0.137. The Labute approximate surface area is 134 Å². The van der Waals surface area contributed by atoms with Crippen molar-refractivity contribution < 1.29 is 22.4 Å². The van der Waals surface area contributed by atoms with E-state index in [-0.39, 0.29) is 12.1 Å². The van der Waals surface area contributed by atoms with Crippen molar-refractivity contribution in [1.29, 1.82) is 5.26 Å². The Morgan fingerprint density at radius 3 is 2.38 bits per heavy atom. The minimum atomic E-state index is -4.67. The van der Waals surface area contributed by atoms with Crippen molar-refractivity contribution in [2.24, 2.45) is 0 Å². The number of alkyl halides is 3. The predicted octanol–water partition coefficient (Wildman–Crippen LogP) is 4.04. The molecule has 4 nitrogen and oxygen atoms in total. The number of nitrogens with one attached hydrogen (secondary N) is 2. The van der Waals surface area contributed by atoms with Gasteiger partial charge in [0.25, 0.3) is 0 Å². The van der Waals surface area contributed by atoms with Crippen molar-refractivity contribution in [3.63, 3.8) is 0 Å². The van der Waals surface area contributed by atoms with Crippen molar-refractivity contribution in [2.45, 2.75) is 12.7 Å². The molecule has 0 aliphatic heterocycles. The summed E-state index contributed by atoms with van der Waals surface area (Å²) < 4.78 is 51.1. The topological polar surface area (TPSA) is 64.9 Å². The van der Waals surface area contributed by atoms with E-state index in [1.807, 2.05) is 6.07 Å². The van der Waals surface area contributed by atoms with Crippen LogP contribution in [-0.4, -0.2) is 6.03 Å². The minimum absolute atomic E-state index is 0.0164. The second-order valence-corrected chi connectivity index (χ2v) is 4.84. The molecule has 0 aliphatic carbocycles. The Hall–Kier alpha value is -3.08. The normalized spacial score (nSPS) is 10.8. The monoisotopic (exact) mass is 337 g/mol. The van der Waals surface area contributed by atoms with Crippen LogP contribution in [0.15, 0.2) is 42.5 Å². The maximum atomic E-state index is 13.2. The van der Waals surface area contributed by atoms with Crippen molar-refractivity contribution >= 4 is 11.7 Å². The van der Waals surface area contributed by atoms with Gasteiger partial charge in [0.05, 0.1) is 17.2 Å². The summed E-state index contributed by atoms with van der Waals surface area (Å²) in [4.78, 5) is 11.7. The van der Waals surface area contributed by atoms with Gasteiger partial charge in [0.1, 0.15) is 5.82 Å². The van der Waals surface area contributed by atoms with E-state index >= 15 is 0 Å². The van der Waals surface area contributed by atoms with Crippen LogP contribution in [0.3, 0.4) is 0 Å². The molecule has 0 bridgehead atoms. The number of anilines is 1. The summed E-state index contributed by atoms with van der Waals surface area (Å²) in [6, 6.07) is 9.32. The molecule has 24 heavy (non-hydrogen) atoms. The summed E-state index contributed by atoms with van der Waals surface area (Å²) in [5.41, 5.74) is -0.314. The maximum absolute atomic E-state index is 13.2. The van der Waals surface area contributed by atoms with Crippen LogP contribution in [0, 0.1) is 17.1 Å². The highest BCUT2D eigenvalue weighted by Crippen LogP contribution is 2.30. The van der Waals surface area contributed by atoms with Crippen LogP contribution in [-0.2, 0) is 12.7 Å². The molecule has 0 fully saturated rings. The molecule has 0 radical (unpaired) electrons. The zero-order valence-electron chi connectivity index (χ0n) is 12.1. The van der Waals surface area contributed by atoms with Gasteiger partial charge in [0.15, 0.2) is 0 Å². The summed E-state index contributed by atoms with van der Waals surface area (Å²) in [5.74, 6) is -1.03. The number of urea groups is 1. The number of nitriles is 1. The second kappa shape index (κ2) is 7.00. The smallest absolute Gasteiger partial charge is 0.334 e. The molecule has 0 heterocycles. The van der Waals surface area contributed by atoms with E-state index in [0.717, 1.165) is 12.1 Å². The standard InChI is InChI=1S/C16H11F4N3O/c17-13-6-11(5-12(7-13)16(18,19)20)9-22-15(24)23-14-3-1-10(8-21)2-4-14/h1-7H,9H2,(H2,22,23,24). The quantitative estimate of drug-likeness (QED) is 0.830. The average molecular weight is 337 g/mol. The number of benzene rings is 2. The first-order chi connectivity index (χ1) is 11.3. The van der Waals surface area contributed by atoms with Gasteiger partial charge in [0, 0.05) is 12.2 Å². The molecule has 2 rings (SSSR count). The third-order valence-corrected chi connectivity index (χ3v) is 3.01. The Balaban J connectivity index is 1.98. The first-order valence-electron chi connectivity index (χ1n) is 6.69. The number of hydrogen-bond donors (Lipinski definition) is 2. The molecule has 124 valence electrons. The maximum Gasteiger partial charge on any atom is 0.416 e. The fraction of sp³-hybridized carbons (Fsp3) is 0.125. The zero-order valence-corrected chi connectivity index (χ0v) is 12.1. The van der Waals surface area contributed by atoms with Crippen molar-refractivity contribution in [3.8, 4) is 6.07 Å². The molecule has 2 aromatic rings. The van der Waals surface area contributed by atoms with E-state index < -0.39 is 23.6 Å². The number of halogens is 4. The molecule has 0 saturated heterocycles. The number of carbonyl (C=O) groups is 1. The number of rotatable bonds is 3. The highest BCUT2D eigenvalue weighted by Gasteiger charge is 2.31. The van der Waals surface area contributed by atoms with E-state index in [2.05, 4.69) is 10.6 Å². The molecule has 0 saturated carbocycles. The van der Waals surface area contributed by atoms with Gasteiger partial charge in [-0.2, -0.15) is 18.4 Å². The number of hydrogen-bond acceptors (Lipinski definition) is 2. The lowest BCUT2D eigenvalue weighted by atomic mass is 10.1. The second-order valence-electron chi connectivity index (χ2n) is 4.84. The molecule has 0 aromatic heterocycles. The molecular weight excluding hydrogens is 326 g/mol. The van der Waals surface area contributed by atoms with Crippen LogP contribution < -0.4 is 10.6 Å². The molecule has 0 atom stereocenters. The molecule has 2 aromatic carbocycles. The molecule has 0 spiro atoms. The molecule has 2 amide bonds. The van der Waals surface area contributed by atoms with Gasteiger partial charge >= 0.3 is 12.2 Å². The Kier molecular flexibility index (Phi) is 5.04. The lowest BCUT2D eigenvalue weighted by Crippen LogP contribution is -2.28. The van der Waals surface area contributed by atoms with E-state index in [1.54, 1.807) is 0 Å². The highest BCUT2D eigenvalue weighted by molar-refractivity contribution is 5.89. The van der Waals surface area contributed by atoms with Crippen LogP contribution >= 0.6 is 0 Å². The third-order valence-electron chi connectivity index (χ3n) is 3.01. The van der Waals surface area contributed by atoms with Gasteiger partial charge in [0.2, 0.25) is 0 Å². The van der Waals surface area contributed by atoms with Crippen LogP contribution in [0.1, 0.15) is 16.7 Å². The fourth-order valence-corrected chi connectivity index (χ4v) is 1.90. The van der Waals surface area contributed by atoms with Crippen molar-refractivity contribution in [2.75, 3.05) is 5.32 Å². The summed E-state index contributed by atoms with van der Waals surface area (Å²) in [7, 11) is 0. The summed E-state index contributed by atoms with van der Waals surface area (Å²) in [6.07, 6.45) is -4.67. The Bertz CT molecular complexity index is 779. The largest absolute Gasteiger partial charge is 0.416 e. The summed E-state index contributed by atoms with van der Waals surface area (Å²) in [5, 5.41) is 13.4. The van der Waals surface area contributed by atoms with Crippen LogP contribution in [0.25, 0.3) is 0 Å². The predicted molar refractivity (Wildman–Crippen MR) is 78.4 cm³/mol. The highest BCUT2D eigenvalue weighted by atomic mass is 19.4. The molecule has 0 aliphatic rings. The van der Waals surface area contributed by atoms with E-state index in [0.29, 0.717) is 17.3 Å². The SMILES string of the molecule is N#Cc1ccc(NC(=O)NCc2cc(F)cc(C(F)(F)F)c2)cc1. The fourth-order valence-electron chi connectivity index (χ4n) is 1.90. The number of carbonyl (C=O) groups excluding carboxylic acids is 1. The average Bonchev–Trinajstić information content (AvgIpc) is 2.52. The van der Waals surface area contributed by atoms with E-state index in [9.17, 15) is 22.4 Å². The van der Waals surface area contributed by atoms with Gasteiger partial charge < -0.3 is 10.6 Å². The molecule has 0 unspecified atom stereocenters. The number of nitrogens with zero attached hydrogens (tertiary/aromatic N) is 1. The lowest BCUT2D eigenvalue weighted by Gasteiger charge is -2.11. The number of amides is 2. The Morgan fingerprint density at radius 1 is 1.12 bits per heavy atom.